The summed E-state index contributed by atoms with van der Waals surface area (Å²) < 4.78 is 42.8. The van der Waals surface area contributed by atoms with Crippen molar-refractivity contribution in [2.45, 2.75) is 33.0 Å². The van der Waals surface area contributed by atoms with Gasteiger partial charge in [0, 0.05) is 62.8 Å². The van der Waals surface area contributed by atoms with Gasteiger partial charge in [-0.15, -0.1) is 6.58 Å². The van der Waals surface area contributed by atoms with Gasteiger partial charge in [0.2, 0.25) is 0 Å². The lowest BCUT2D eigenvalue weighted by Crippen LogP contribution is -2.48. The minimum absolute atomic E-state index is 0.110. The van der Waals surface area contributed by atoms with E-state index in [0.717, 1.165) is 43.1 Å². The number of hydrogen-bond donors (Lipinski definition) is 0. The molecule has 1 saturated heterocycles. The first-order valence-electron chi connectivity index (χ1n) is 9.61. The van der Waals surface area contributed by atoms with Crippen molar-refractivity contribution in [3.63, 3.8) is 0 Å². The average molecular weight is 401 g/mol. The molecule has 1 aliphatic rings. The molecule has 1 aromatic rings. The topological polar surface area (TPSA) is 37.7 Å². The van der Waals surface area contributed by atoms with E-state index in [-0.39, 0.29) is 12.4 Å². The number of carbonyl (C=O) groups excluding carboxylic acids is 1. The van der Waals surface area contributed by atoms with Gasteiger partial charge < -0.3 is 14.2 Å². The molecular weight excluding hydrogens is 371 g/mol. The zero-order chi connectivity index (χ0) is 20.7. The largest absolute Gasteiger partial charge is 0.411 e. The fraction of sp³-hybridized carbons (Fsp3) is 0.650. The van der Waals surface area contributed by atoms with Crippen molar-refractivity contribution in [2.24, 2.45) is 0 Å². The van der Waals surface area contributed by atoms with E-state index in [4.69, 9.17) is 0 Å². The lowest BCUT2D eigenvalue weighted by molar-refractivity contribution is -0.174. The van der Waals surface area contributed by atoms with E-state index in [2.05, 4.69) is 25.7 Å². The van der Waals surface area contributed by atoms with Gasteiger partial charge >= 0.3 is 6.18 Å². The number of ether oxygens (including phenoxy) is 1. The van der Waals surface area contributed by atoms with Crippen LogP contribution in [-0.4, -0.2) is 78.8 Å². The highest BCUT2D eigenvalue weighted by Crippen LogP contribution is 2.17. The molecule has 158 valence electrons. The number of aryl methyl sites for hydroxylation is 1. The maximum Gasteiger partial charge on any atom is 0.411 e. The first kappa shape index (κ1) is 22.6. The SMILES string of the molecule is C=CCn1c(C)cc(C(=O)CN2CCN(CCCOCC(F)(F)F)CC2)c1C. The van der Waals surface area contributed by atoms with Crippen LogP contribution in [0.1, 0.15) is 28.2 Å². The van der Waals surface area contributed by atoms with Gasteiger partial charge in [-0.05, 0) is 26.3 Å². The fourth-order valence-corrected chi connectivity index (χ4v) is 3.53. The van der Waals surface area contributed by atoms with Crippen LogP contribution in [0.25, 0.3) is 0 Å². The van der Waals surface area contributed by atoms with Gasteiger partial charge in [-0.1, -0.05) is 6.08 Å². The molecule has 0 bridgehead atoms. The van der Waals surface area contributed by atoms with Gasteiger partial charge in [0.05, 0.1) is 6.54 Å². The second kappa shape index (κ2) is 10.2. The van der Waals surface area contributed by atoms with Crippen LogP contribution in [0.2, 0.25) is 0 Å². The Hall–Kier alpha value is -1.64. The molecular formula is C20H30F3N3O2. The summed E-state index contributed by atoms with van der Waals surface area (Å²) in [7, 11) is 0. The van der Waals surface area contributed by atoms with E-state index in [1.807, 2.05) is 26.0 Å². The van der Waals surface area contributed by atoms with Crippen molar-refractivity contribution >= 4 is 5.78 Å². The molecule has 8 heteroatoms. The molecule has 2 rings (SSSR count). The Morgan fingerprint density at radius 1 is 1.21 bits per heavy atom. The van der Waals surface area contributed by atoms with Crippen LogP contribution < -0.4 is 0 Å². The third-order valence-corrected chi connectivity index (χ3v) is 5.05. The zero-order valence-electron chi connectivity index (χ0n) is 16.7. The number of aromatic nitrogens is 1. The summed E-state index contributed by atoms with van der Waals surface area (Å²) in [6.07, 6.45) is -1.87. The van der Waals surface area contributed by atoms with Crippen molar-refractivity contribution in [3.05, 3.63) is 35.7 Å². The van der Waals surface area contributed by atoms with Gasteiger partial charge in [-0.2, -0.15) is 13.2 Å². The summed E-state index contributed by atoms with van der Waals surface area (Å²) in [6.45, 7) is 11.6. The molecule has 1 aromatic heterocycles. The number of allylic oxidation sites excluding steroid dienone is 1. The Labute approximate surface area is 164 Å². The predicted octanol–water partition coefficient (Wildman–Crippen LogP) is 3.06. The Kier molecular flexibility index (Phi) is 8.27. The van der Waals surface area contributed by atoms with Gasteiger partial charge in [0.1, 0.15) is 6.61 Å². The molecule has 5 nitrogen and oxygen atoms in total. The number of nitrogens with zero attached hydrogens (tertiary/aromatic N) is 3. The number of Topliss-reactive ketones (excluding diaryl/α,β-unsaturated/α-hetero) is 1. The molecule has 0 amide bonds. The molecule has 0 saturated carbocycles. The summed E-state index contributed by atoms with van der Waals surface area (Å²) in [4.78, 5) is 17.0. The first-order valence-corrected chi connectivity index (χ1v) is 9.61. The molecule has 2 heterocycles. The Bertz CT molecular complexity index is 662. The van der Waals surface area contributed by atoms with Crippen molar-refractivity contribution in [1.82, 2.24) is 14.4 Å². The summed E-state index contributed by atoms with van der Waals surface area (Å²) in [5.74, 6) is 0.123. The second-order valence-corrected chi connectivity index (χ2v) is 7.25. The third kappa shape index (κ3) is 6.76. The van der Waals surface area contributed by atoms with Crippen LogP contribution in [0.5, 0.6) is 0 Å². The van der Waals surface area contributed by atoms with Gasteiger partial charge in [-0.3, -0.25) is 9.69 Å². The van der Waals surface area contributed by atoms with E-state index in [9.17, 15) is 18.0 Å². The number of ketones is 1. The number of carbonyl (C=O) groups is 1. The molecule has 0 aliphatic carbocycles. The summed E-state index contributed by atoms with van der Waals surface area (Å²) in [5, 5.41) is 0. The van der Waals surface area contributed by atoms with Crippen LogP contribution in [0.15, 0.2) is 18.7 Å². The Balaban J connectivity index is 1.72. The normalized spacial score (nSPS) is 16.5. The average Bonchev–Trinajstić information content (AvgIpc) is 2.90. The number of hydrogen-bond acceptors (Lipinski definition) is 4. The third-order valence-electron chi connectivity index (χ3n) is 5.05. The Morgan fingerprint density at radius 2 is 1.86 bits per heavy atom. The molecule has 0 aromatic carbocycles. The van der Waals surface area contributed by atoms with E-state index in [1.54, 1.807) is 0 Å². The monoisotopic (exact) mass is 401 g/mol. The van der Waals surface area contributed by atoms with E-state index in [0.29, 0.717) is 26.1 Å². The van der Waals surface area contributed by atoms with Crippen LogP contribution >= 0.6 is 0 Å². The fourth-order valence-electron chi connectivity index (χ4n) is 3.53. The number of rotatable bonds is 10. The molecule has 0 radical (unpaired) electrons. The molecule has 1 fully saturated rings. The summed E-state index contributed by atoms with van der Waals surface area (Å²) in [6, 6.07) is 1.94. The molecule has 0 unspecified atom stereocenters. The molecule has 0 atom stereocenters. The number of halogens is 3. The van der Waals surface area contributed by atoms with Gasteiger partial charge in [0.25, 0.3) is 0 Å². The highest BCUT2D eigenvalue weighted by molar-refractivity contribution is 5.99. The second-order valence-electron chi connectivity index (χ2n) is 7.25. The number of alkyl halides is 3. The lowest BCUT2D eigenvalue weighted by atomic mass is 10.1. The van der Waals surface area contributed by atoms with Crippen LogP contribution in [0, 0.1) is 13.8 Å². The minimum Gasteiger partial charge on any atom is -0.372 e. The van der Waals surface area contributed by atoms with Crippen molar-refractivity contribution in [1.29, 1.82) is 0 Å². The van der Waals surface area contributed by atoms with Crippen LogP contribution in [0.3, 0.4) is 0 Å². The lowest BCUT2D eigenvalue weighted by Gasteiger charge is -2.34. The minimum atomic E-state index is -4.26. The molecule has 0 spiro atoms. The quantitative estimate of drug-likeness (QED) is 0.343. The molecule has 0 N–H and O–H groups in total. The maximum atomic E-state index is 12.7. The van der Waals surface area contributed by atoms with E-state index < -0.39 is 12.8 Å². The zero-order valence-corrected chi connectivity index (χ0v) is 16.7. The number of piperazine rings is 1. The van der Waals surface area contributed by atoms with Crippen molar-refractivity contribution in [3.8, 4) is 0 Å². The predicted molar refractivity (Wildman–Crippen MR) is 103 cm³/mol. The summed E-state index contributed by atoms with van der Waals surface area (Å²) >= 11 is 0. The smallest absolute Gasteiger partial charge is 0.372 e. The Morgan fingerprint density at radius 3 is 2.46 bits per heavy atom. The highest BCUT2D eigenvalue weighted by Gasteiger charge is 2.27. The van der Waals surface area contributed by atoms with Crippen LogP contribution in [-0.2, 0) is 11.3 Å². The standard InChI is InChI=1S/C20H30F3N3O2/c1-4-6-26-16(2)13-18(17(26)3)19(27)14-25-10-8-24(9-11-25)7-5-12-28-15-20(21,22)23/h4,13H,1,5-12,14-15H2,2-3H3. The first-order chi connectivity index (χ1) is 13.2. The molecule has 28 heavy (non-hydrogen) atoms. The highest BCUT2D eigenvalue weighted by atomic mass is 19.4. The van der Waals surface area contributed by atoms with Gasteiger partial charge in [0.15, 0.2) is 5.78 Å². The summed E-state index contributed by atoms with van der Waals surface area (Å²) in [5.41, 5.74) is 2.79. The van der Waals surface area contributed by atoms with Gasteiger partial charge in [-0.25, -0.2) is 0 Å². The van der Waals surface area contributed by atoms with E-state index in [1.165, 1.54) is 0 Å². The van der Waals surface area contributed by atoms with Crippen molar-refractivity contribution in [2.75, 3.05) is 52.5 Å². The van der Waals surface area contributed by atoms with Crippen molar-refractivity contribution < 1.29 is 22.7 Å². The molecule has 1 aliphatic heterocycles. The maximum absolute atomic E-state index is 12.7. The van der Waals surface area contributed by atoms with E-state index >= 15 is 0 Å². The van der Waals surface area contributed by atoms with Crippen LogP contribution in [0.4, 0.5) is 13.2 Å².